The fourth-order valence-electron chi connectivity index (χ4n) is 1.99. The Hall–Kier alpha value is -1.06. The molecule has 1 unspecified atom stereocenters. The largest absolute Gasteiger partial charge is 0.491 e. The van der Waals surface area contributed by atoms with Gasteiger partial charge in [0.2, 0.25) is 0 Å². The number of aliphatic hydroxyl groups is 1. The van der Waals surface area contributed by atoms with Gasteiger partial charge in [-0.2, -0.15) is 0 Å². The highest BCUT2D eigenvalue weighted by Crippen LogP contribution is 2.08. The molecule has 1 atom stereocenters. The summed E-state index contributed by atoms with van der Waals surface area (Å²) in [5.74, 6) is 0.814. The second-order valence-electron chi connectivity index (χ2n) is 4.58. The lowest BCUT2D eigenvalue weighted by Gasteiger charge is -2.24. The summed E-state index contributed by atoms with van der Waals surface area (Å²) in [4.78, 5) is 2.29. The van der Waals surface area contributed by atoms with Gasteiger partial charge in [-0.05, 0) is 38.1 Å². The zero-order valence-corrected chi connectivity index (χ0v) is 11.5. The molecule has 0 fully saturated rings. The van der Waals surface area contributed by atoms with Gasteiger partial charge in [0.1, 0.15) is 18.5 Å². The van der Waals surface area contributed by atoms with E-state index in [4.69, 9.17) is 4.74 Å². The van der Waals surface area contributed by atoms with Gasteiger partial charge in [-0.25, -0.2) is 0 Å². The van der Waals surface area contributed by atoms with Crippen molar-refractivity contribution in [3.05, 3.63) is 30.3 Å². The van der Waals surface area contributed by atoms with E-state index >= 15 is 0 Å². The van der Waals surface area contributed by atoms with Crippen molar-refractivity contribution in [3.63, 3.8) is 0 Å². The maximum Gasteiger partial charge on any atom is 0.119 e. The molecule has 1 aromatic rings. The topological polar surface area (TPSA) is 32.7 Å². The van der Waals surface area contributed by atoms with Crippen molar-refractivity contribution in [2.75, 3.05) is 26.2 Å². The first-order valence-corrected chi connectivity index (χ1v) is 6.84. The van der Waals surface area contributed by atoms with Gasteiger partial charge in [0.15, 0.2) is 0 Å². The van der Waals surface area contributed by atoms with Crippen LogP contribution in [-0.2, 0) is 0 Å². The van der Waals surface area contributed by atoms with E-state index in [-0.39, 0.29) is 0 Å². The van der Waals surface area contributed by atoms with Crippen LogP contribution in [0.25, 0.3) is 0 Å². The number of hydrogen-bond acceptors (Lipinski definition) is 3. The molecule has 3 heteroatoms. The number of nitrogens with zero attached hydrogens (tertiary/aromatic N) is 1. The maximum absolute atomic E-state index is 9.97. The molecule has 0 spiro atoms. The Morgan fingerprint density at radius 2 is 1.72 bits per heavy atom. The summed E-state index contributed by atoms with van der Waals surface area (Å²) in [6.07, 6.45) is 1.81. The standard InChI is InChI=1S/C15H25NO2/c1-3-10-16(11-4-2)12-14(17)13-18-15-8-6-5-7-9-15/h5-9,14,17H,3-4,10-13H2,1-2H3. The monoisotopic (exact) mass is 251 g/mol. The Kier molecular flexibility index (Phi) is 7.46. The Labute approximate surface area is 110 Å². The molecule has 0 aliphatic carbocycles. The minimum absolute atomic E-state index is 0.355. The van der Waals surface area contributed by atoms with Gasteiger partial charge >= 0.3 is 0 Å². The number of hydrogen-bond donors (Lipinski definition) is 1. The molecule has 0 amide bonds. The highest BCUT2D eigenvalue weighted by Gasteiger charge is 2.11. The zero-order valence-electron chi connectivity index (χ0n) is 11.5. The molecule has 0 bridgehead atoms. The van der Waals surface area contributed by atoms with E-state index in [9.17, 15) is 5.11 Å². The highest BCUT2D eigenvalue weighted by atomic mass is 16.5. The zero-order chi connectivity index (χ0) is 13.2. The predicted octanol–water partition coefficient (Wildman–Crippen LogP) is 2.55. The predicted molar refractivity (Wildman–Crippen MR) is 75.0 cm³/mol. The Morgan fingerprint density at radius 3 is 2.28 bits per heavy atom. The summed E-state index contributed by atoms with van der Waals surface area (Å²) >= 11 is 0. The average molecular weight is 251 g/mol. The smallest absolute Gasteiger partial charge is 0.119 e. The van der Waals surface area contributed by atoms with Crippen LogP contribution in [0.5, 0.6) is 5.75 Å². The lowest BCUT2D eigenvalue weighted by Crippen LogP contribution is -2.36. The van der Waals surface area contributed by atoms with Crippen molar-refractivity contribution in [2.45, 2.75) is 32.8 Å². The van der Waals surface area contributed by atoms with E-state index in [1.165, 1.54) is 0 Å². The van der Waals surface area contributed by atoms with Crippen molar-refractivity contribution in [3.8, 4) is 5.75 Å². The molecular weight excluding hydrogens is 226 g/mol. The third-order valence-electron chi connectivity index (χ3n) is 2.73. The van der Waals surface area contributed by atoms with Crippen LogP contribution in [-0.4, -0.2) is 42.4 Å². The molecule has 18 heavy (non-hydrogen) atoms. The van der Waals surface area contributed by atoms with Crippen molar-refractivity contribution < 1.29 is 9.84 Å². The van der Waals surface area contributed by atoms with Crippen molar-refractivity contribution >= 4 is 0 Å². The van der Waals surface area contributed by atoms with Gasteiger partial charge in [-0.3, -0.25) is 0 Å². The number of benzene rings is 1. The first kappa shape index (κ1) is 15.0. The van der Waals surface area contributed by atoms with Crippen LogP contribution < -0.4 is 4.74 Å². The molecular formula is C15H25NO2. The molecule has 1 aromatic carbocycles. The molecule has 1 N–H and O–H groups in total. The van der Waals surface area contributed by atoms with E-state index < -0.39 is 6.10 Å². The van der Waals surface area contributed by atoms with Crippen LogP contribution in [0.3, 0.4) is 0 Å². The van der Waals surface area contributed by atoms with E-state index in [2.05, 4.69) is 18.7 Å². The lowest BCUT2D eigenvalue weighted by atomic mass is 10.3. The van der Waals surface area contributed by atoms with Gasteiger partial charge < -0.3 is 14.7 Å². The van der Waals surface area contributed by atoms with E-state index in [0.29, 0.717) is 13.2 Å². The quantitative estimate of drug-likeness (QED) is 0.732. The van der Waals surface area contributed by atoms with Gasteiger partial charge in [-0.1, -0.05) is 32.0 Å². The summed E-state index contributed by atoms with van der Waals surface area (Å²) < 4.78 is 5.55. The number of ether oxygens (including phenoxy) is 1. The highest BCUT2D eigenvalue weighted by molar-refractivity contribution is 5.20. The van der Waals surface area contributed by atoms with Gasteiger partial charge in [0, 0.05) is 6.54 Å². The number of rotatable bonds is 9. The summed E-state index contributed by atoms with van der Waals surface area (Å²) in [6.45, 7) is 7.44. The van der Waals surface area contributed by atoms with E-state index in [0.717, 1.165) is 31.7 Å². The molecule has 102 valence electrons. The van der Waals surface area contributed by atoms with Gasteiger partial charge in [-0.15, -0.1) is 0 Å². The molecule has 0 heterocycles. The summed E-state index contributed by atoms with van der Waals surface area (Å²) in [6, 6.07) is 9.63. The van der Waals surface area contributed by atoms with Crippen LogP contribution >= 0.6 is 0 Å². The molecule has 0 saturated carbocycles. The SMILES string of the molecule is CCCN(CCC)CC(O)COc1ccccc1. The molecule has 0 aromatic heterocycles. The summed E-state index contributed by atoms with van der Waals surface area (Å²) in [5, 5.41) is 9.97. The van der Waals surface area contributed by atoms with Crippen molar-refractivity contribution in [1.82, 2.24) is 4.90 Å². The van der Waals surface area contributed by atoms with Crippen LogP contribution in [0.1, 0.15) is 26.7 Å². The minimum Gasteiger partial charge on any atom is -0.491 e. The Morgan fingerprint density at radius 1 is 1.11 bits per heavy atom. The van der Waals surface area contributed by atoms with Gasteiger partial charge in [0.25, 0.3) is 0 Å². The van der Waals surface area contributed by atoms with Crippen LogP contribution in [0.15, 0.2) is 30.3 Å². The maximum atomic E-state index is 9.97. The molecule has 3 nitrogen and oxygen atoms in total. The molecule has 0 radical (unpaired) electrons. The van der Waals surface area contributed by atoms with Crippen LogP contribution in [0.2, 0.25) is 0 Å². The van der Waals surface area contributed by atoms with Crippen LogP contribution in [0.4, 0.5) is 0 Å². The summed E-state index contributed by atoms with van der Waals surface area (Å²) in [5.41, 5.74) is 0. The van der Waals surface area contributed by atoms with E-state index in [1.54, 1.807) is 0 Å². The molecule has 1 rings (SSSR count). The first-order chi connectivity index (χ1) is 8.76. The number of para-hydroxylation sites is 1. The minimum atomic E-state index is -0.427. The van der Waals surface area contributed by atoms with Gasteiger partial charge in [0.05, 0.1) is 0 Å². The molecule has 0 aliphatic heterocycles. The third-order valence-corrected chi connectivity index (χ3v) is 2.73. The van der Waals surface area contributed by atoms with Crippen molar-refractivity contribution in [2.24, 2.45) is 0 Å². The van der Waals surface area contributed by atoms with Crippen molar-refractivity contribution in [1.29, 1.82) is 0 Å². The normalized spacial score (nSPS) is 12.7. The fraction of sp³-hybridized carbons (Fsp3) is 0.600. The number of aliphatic hydroxyl groups excluding tert-OH is 1. The van der Waals surface area contributed by atoms with E-state index in [1.807, 2.05) is 30.3 Å². The van der Waals surface area contributed by atoms with Crippen LogP contribution in [0, 0.1) is 0 Å². The first-order valence-electron chi connectivity index (χ1n) is 6.84. The Bertz CT molecular complexity index is 297. The second kappa shape index (κ2) is 8.95. The third kappa shape index (κ3) is 6.03. The lowest BCUT2D eigenvalue weighted by molar-refractivity contribution is 0.0681. The molecule has 0 saturated heterocycles. The second-order valence-corrected chi connectivity index (χ2v) is 4.58. The fourth-order valence-corrected chi connectivity index (χ4v) is 1.99. The average Bonchev–Trinajstić information content (AvgIpc) is 2.38. The summed E-state index contributed by atoms with van der Waals surface area (Å²) in [7, 11) is 0. The molecule has 0 aliphatic rings. The Balaban J connectivity index is 2.29.